The summed E-state index contributed by atoms with van der Waals surface area (Å²) in [5, 5.41) is 13.1. The van der Waals surface area contributed by atoms with Gasteiger partial charge in [0.15, 0.2) is 12.0 Å². The summed E-state index contributed by atoms with van der Waals surface area (Å²) in [6.45, 7) is 5.82. The lowest BCUT2D eigenvalue weighted by atomic mass is 10.3. The monoisotopic (exact) mass is 398 g/mol. The van der Waals surface area contributed by atoms with E-state index in [0.29, 0.717) is 23.2 Å². The van der Waals surface area contributed by atoms with Gasteiger partial charge in [0.2, 0.25) is 5.95 Å². The Morgan fingerprint density at radius 1 is 1.28 bits per heavy atom. The standard InChI is InChI=1S/C19H21FN8O.H2/c1-10-7-27-8-13(20)9-29-18-16(22-19-21-6-14(10)17(27)23-19)12(3)28(25-18)15-5-11(2)24-26(15)4;/h5-7,13H,8-9H2,1-4H3,(H,21,22,23);1H/t13-;/m0./s1. The largest absolute Gasteiger partial charge is 0.472 e. The van der Waals surface area contributed by atoms with E-state index in [9.17, 15) is 4.39 Å². The second-order valence-electron chi connectivity index (χ2n) is 7.37. The number of aryl methyl sites for hydroxylation is 3. The van der Waals surface area contributed by atoms with E-state index >= 15 is 0 Å². The lowest BCUT2D eigenvalue weighted by molar-refractivity contribution is 0.175. The Bertz CT molecular complexity index is 1240. The van der Waals surface area contributed by atoms with Gasteiger partial charge >= 0.3 is 0 Å². The van der Waals surface area contributed by atoms with Gasteiger partial charge in [0, 0.05) is 32.3 Å². The van der Waals surface area contributed by atoms with Crippen molar-refractivity contribution in [3.8, 4) is 11.7 Å². The smallest absolute Gasteiger partial charge is 0.257 e. The summed E-state index contributed by atoms with van der Waals surface area (Å²) in [7, 11) is 1.85. The van der Waals surface area contributed by atoms with Gasteiger partial charge in [0.1, 0.15) is 17.9 Å². The van der Waals surface area contributed by atoms with Crippen molar-refractivity contribution in [3.05, 3.63) is 35.4 Å². The molecule has 5 rings (SSSR count). The highest BCUT2D eigenvalue weighted by molar-refractivity contribution is 5.81. The van der Waals surface area contributed by atoms with Gasteiger partial charge in [0.05, 0.1) is 17.9 Å². The Labute approximate surface area is 167 Å². The van der Waals surface area contributed by atoms with Crippen molar-refractivity contribution in [2.24, 2.45) is 7.05 Å². The van der Waals surface area contributed by atoms with E-state index in [1.54, 1.807) is 20.1 Å². The van der Waals surface area contributed by atoms with Gasteiger partial charge in [-0.2, -0.15) is 10.1 Å². The molecule has 152 valence electrons. The van der Waals surface area contributed by atoms with Crippen LogP contribution in [0, 0.1) is 20.8 Å². The molecule has 10 heteroatoms. The fourth-order valence-electron chi connectivity index (χ4n) is 3.72. The zero-order valence-corrected chi connectivity index (χ0v) is 16.6. The number of anilines is 2. The molecule has 4 aromatic heterocycles. The first-order valence-electron chi connectivity index (χ1n) is 9.37. The van der Waals surface area contributed by atoms with Crippen LogP contribution in [0.2, 0.25) is 0 Å². The Balaban J connectivity index is 0.00000218. The molecular weight excluding hydrogens is 375 g/mol. The molecule has 0 aromatic carbocycles. The second kappa shape index (κ2) is 6.29. The summed E-state index contributed by atoms with van der Waals surface area (Å²) in [5.41, 5.74) is 3.96. The highest BCUT2D eigenvalue weighted by Gasteiger charge is 2.23. The second-order valence-corrected chi connectivity index (χ2v) is 7.37. The Kier molecular flexibility index (Phi) is 3.83. The number of hydrogen-bond donors (Lipinski definition) is 1. The SMILES string of the molecule is Cc1cc(-n2nc3c(c2C)Nc2ncc4c(C)cn(c4n2)C[C@H](F)CO3)n(C)n1.[HH]. The topological polar surface area (TPSA) is 87.6 Å². The van der Waals surface area contributed by atoms with Crippen LogP contribution in [0.15, 0.2) is 18.5 Å². The molecular formula is C19H23FN8O. The normalized spacial score (nSPS) is 16.4. The average Bonchev–Trinajstić information content (AvgIpc) is 3.27. The summed E-state index contributed by atoms with van der Waals surface area (Å²) in [6.07, 6.45) is 2.44. The summed E-state index contributed by atoms with van der Waals surface area (Å²) < 4.78 is 25.7. The lowest BCUT2D eigenvalue weighted by Gasteiger charge is -2.10. The van der Waals surface area contributed by atoms with E-state index < -0.39 is 6.17 Å². The minimum Gasteiger partial charge on any atom is -0.472 e. The molecule has 0 unspecified atom stereocenters. The molecule has 0 aliphatic carbocycles. The molecule has 0 fully saturated rings. The van der Waals surface area contributed by atoms with Crippen molar-refractivity contribution in [1.82, 2.24) is 34.1 Å². The first-order valence-corrected chi connectivity index (χ1v) is 9.37. The van der Waals surface area contributed by atoms with Gasteiger partial charge in [-0.3, -0.25) is 4.68 Å². The van der Waals surface area contributed by atoms with Gasteiger partial charge in [0.25, 0.3) is 5.88 Å². The molecule has 1 aliphatic rings. The molecule has 29 heavy (non-hydrogen) atoms. The van der Waals surface area contributed by atoms with Crippen molar-refractivity contribution < 1.29 is 10.6 Å². The third-order valence-electron chi connectivity index (χ3n) is 5.13. The Morgan fingerprint density at radius 2 is 2.10 bits per heavy atom. The molecule has 0 saturated heterocycles. The molecule has 1 atom stereocenters. The maximum absolute atomic E-state index is 14.7. The van der Waals surface area contributed by atoms with Crippen LogP contribution in [0.3, 0.4) is 0 Å². The number of alkyl halides is 1. The number of aromatic nitrogens is 7. The van der Waals surface area contributed by atoms with E-state index in [2.05, 4.69) is 25.5 Å². The van der Waals surface area contributed by atoms with E-state index in [4.69, 9.17) is 4.74 Å². The van der Waals surface area contributed by atoms with Crippen LogP contribution in [0.4, 0.5) is 16.0 Å². The van der Waals surface area contributed by atoms with Gasteiger partial charge in [-0.1, -0.05) is 0 Å². The predicted octanol–water partition coefficient (Wildman–Crippen LogP) is 3.00. The molecule has 0 saturated carbocycles. The Hall–Kier alpha value is -3.43. The lowest BCUT2D eigenvalue weighted by Crippen LogP contribution is -2.19. The zero-order chi connectivity index (χ0) is 20.3. The van der Waals surface area contributed by atoms with E-state index in [1.165, 1.54) is 0 Å². The van der Waals surface area contributed by atoms with Crippen molar-refractivity contribution in [3.63, 3.8) is 0 Å². The van der Waals surface area contributed by atoms with Crippen LogP contribution in [-0.2, 0) is 13.6 Å². The molecule has 5 heterocycles. The average molecular weight is 398 g/mol. The maximum Gasteiger partial charge on any atom is 0.257 e. The van der Waals surface area contributed by atoms with E-state index in [0.717, 1.165) is 28.2 Å². The molecule has 2 bridgehead atoms. The summed E-state index contributed by atoms with van der Waals surface area (Å²) in [4.78, 5) is 9.05. The quantitative estimate of drug-likeness (QED) is 0.530. The summed E-state index contributed by atoms with van der Waals surface area (Å²) >= 11 is 0. The molecule has 0 radical (unpaired) electrons. The molecule has 4 aromatic rings. The molecule has 0 amide bonds. The van der Waals surface area contributed by atoms with Gasteiger partial charge in [-0.15, -0.1) is 5.10 Å². The number of rotatable bonds is 1. The van der Waals surface area contributed by atoms with Crippen LogP contribution < -0.4 is 10.1 Å². The summed E-state index contributed by atoms with van der Waals surface area (Å²) in [6, 6.07) is 1.92. The van der Waals surface area contributed by atoms with E-state index in [1.807, 2.05) is 40.1 Å². The molecule has 1 N–H and O–H groups in total. The molecule has 9 nitrogen and oxygen atoms in total. The van der Waals surface area contributed by atoms with Crippen LogP contribution in [-0.4, -0.2) is 46.9 Å². The highest BCUT2D eigenvalue weighted by Crippen LogP contribution is 2.33. The van der Waals surface area contributed by atoms with Crippen molar-refractivity contribution in [2.45, 2.75) is 33.5 Å². The van der Waals surface area contributed by atoms with Crippen LogP contribution in [0.25, 0.3) is 16.9 Å². The van der Waals surface area contributed by atoms with Crippen molar-refractivity contribution >= 4 is 22.7 Å². The predicted molar refractivity (Wildman–Crippen MR) is 108 cm³/mol. The Morgan fingerprint density at radius 3 is 2.86 bits per heavy atom. The zero-order valence-electron chi connectivity index (χ0n) is 16.6. The van der Waals surface area contributed by atoms with Crippen LogP contribution in [0.5, 0.6) is 5.88 Å². The van der Waals surface area contributed by atoms with Gasteiger partial charge in [-0.05, 0) is 26.3 Å². The van der Waals surface area contributed by atoms with Gasteiger partial charge < -0.3 is 14.6 Å². The number of halogens is 1. The van der Waals surface area contributed by atoms with Crippen molar-refractivity contribution in [1.29, 1.82) is 0 Å². The fraction of sp³-hybridized carbons (Fsp3) is 0.368. The molecule has 0 spiro atoms. The number of fused-ring (bicyclic) bond motifs is 2. The van der Waals surface area contributed by atoms with E-state index in [-0.39, 0.29) is 14.6 Å². The third-order valence-corrected chi connectivity index (χ3v) is 5.13. The molecule has 1 aliphatic heterocycles. The first kappa shape index (κ1) is 17.7. The maximum atomic E-state index is 14.7. The van der Waals surface area contributed by atoms with Crippen molar-refractivity contribution in [2.75, 3.05) is 11.9 Å². The first-order chi connectivity index (χ1) is 13.9. The van der Waals surface area contributed by atoms with Gasteiger partial charge in [-0.25, -0.2) is 14.1 Å². The van der Waals surface area contributed by atoms with Crippen LogP contribution >= 0.6 is 0 Å². The minimum atomic E-state index is -1.21. The number of ether oxygens (including phenoxy) is 1. The fourth-order valence-corrected chi connectivity index (χ4v) is 3.72. The number of nitrogens with one attached hydrogen (secondary N) is 1. The number of nitrogens with zero attached hydrogens (tertiary/aromatic N) is 7. The highest BCUT2D eigenvalue weighted by atomic mass is 19.1. The number of hydrogen-bond acceptors (Lipinski definition) is 6. The third kappa shape index (κ3) is 2.82. The summed E-state index contributed by atoms with van der Waals surface area (Å²) in [5.74, 6) is 1.49. The van der Waals surface area contributed by atoms with Crippen LogP contribution in [0.1, 0.15) is 18.4 Å². The minimum absolute atomic E-state index is 0.